The van der Waals surface area contributed by atoms with Crippen LogP contribution in [0, 0.1) is 5.82 Å². The van der Waals surface area contributed by atoms with Gasteiger partial charge in [0, 0.05) is 1.43 Å². The molecule has 80 valence electrons. The van der Waals surface area contributed by atoms with Crippen molar-refractivity contribution < 1.29 is 5.82 Å². The second-order valence-corrected chi connectivity index (χ2v) is 3.63. The fourth-order valence-electron chi connectivity index (χ4n) is 1.35. The van der Waals surface area contributed by atoms with E-state index in [1.807, 2.05) is 13.8 Å². The molecule has 0 saturated carbocycles. The number of hydrogen-bond donors (Lipinski definition) is 1. The molecule has 1 heterocycles. The molecule has 4 nitrogen and oxygen atoms in total. The Morgan fingerprint density at radius 2 is 2.20 bits per heavy atom. The van der Waals surface area contributed by atoms with E-state index in [1.54, 1.807) is 12.1 Å². The fourth-order valence-corrected chi connectivity index (χ4v) is 1.35. The number of halogens is 1. The third-order valence-electron chi connectivity index (χ3n) is 2.24. The molecule has 0 radical (unpaired) electrons. The fraction of sp³-hybridized carbons (Fsp3) is 0.300. The van der Waals surface area contributed by atoms with Crippen molar-refractivity contribution in [1.82, 2.24) is 20.6 Å². The molecule has 0 spiro atoms. The molecule has 0 aliphatic heterocycles. The van der Waals surface area contributed by atoms with E-state index in [-0.39, 0.29) is 13.1 Å². The zero-order chi connectivity index (χ0) is 10.8. The van der Waals surface area contributed by atoms with Crippen molar-refractivity contribution >= 4 is 0 Å². The van der Waals surface area contributed by atoms with Crippen molar-refractivity contribution in [1.29, 1.82) is 0 Å². The van der Waals surface area contributed by atoms with Gasteiger partial charge >= 0.3 is 0 Å². The molecule has 0 aliphatic carbocycles. The van der Waals surface area contributed by atoms with Crippen molar-refractivity contribution in [2.75, 3.05) is 0 Å². The van der Waals surface area contributed by atoms with E-state index < -0.39 is 0 Å². The molecule has 1 N–H and O–H groups in total. The summed E-state index contributed by atoms with van der Waals surface area (Å²) in [6, 6.07) is 4.95. The molecule has 2 rings (SSSR count). The predicted octanol–water partition coefficient (Wildman–Crippen LogP) is 2.38. The van der Waals surface area contributed by atoms with Gasteiger partial charge in [0.05, 0.1) is 5.56 Å². The minimum absolute atomic E-state index is 0. The Morgan fingerprint density at radius 1 is 1.40 bits per heavy atom. The molecule has 0 amide bonds. The van der Waals surface area contributed by atoms with Crippen LogP contribution in [-0.2, 0) is 0 Å². The molecule has 0 atom stereocenters. The van der Waals surface area contributed by atoms with Crippen LogP contribution in [0.3, 0.4) is 0 Å². The van der Waals surface area contributed by atoms with E-state index in [9.17, 15) is 4.39 Å². The van der Waals surface area contributed by atoms with Gasteiger partial charge in [-0.25, -0.2) is 4.39 Å². The molecule has 0 bridgehead atoms. The van der Waals surface area contributed by atoms with E-state index in [2.05, 4.69) is 20.6 Å². The summed E-state index contributed by atoms with van der Waals surface area (Å²) in [5.41, 5.74) is 1.44. The monoisotopic (exact) mass is 208 g/mol. The van der Waals surface area contributed by atoms with Crippen LogP contribution >= 0.6 is 0 Å². The quantitative estimate of drug-likeness (QED) is 0.824. The number of hydrogen-bond acceptors (Lipinski definition) is 3. The molecule has 5 heteroatoms. The lowest BCUT2D eigenvalue weighted by molar-refractivity contribution is 0.628. The number of benzene rings is 1. The van der Waals surface area contributed by atoms with Gasteiger partial charge in [0.1, 0.15) is 5.82 Å². The molecule has 0 unspecified atom stereocenters. The highest BCUT2D eigenvalue weighted by Crippen LogP contribution is 2.23. The second-order valence-electron chi connectivity index (χ2n) is 3.63. The average Bonchev–Trinajstić information content (AvgIpc) is 2.71. The van der Waals surface area contributed by atoms with Crippen LogP contribution in [0.4, 0.5) is 4.39 Å². The Labute approximate surface area is 88.0 Å². The molecule has 0 fully saturated rings. The van der Waals surface area contributed by atoms with E-state index in [0.717, 1.165) is 5.56 Å². The first kappa shape index (κ1) is 9.76. The summed E-state index contributed by atoms with van der Waals surface area (Å²) in [5, 5.41) is 13.2. The number of tetrazole rings is 1. The summed E-state index contributed by atoms with van der Waals surface area (Å²) in [4.78, 5) is 0. The van der Waals surface area contributed by atoms with Crippen LogP contribution in [-0.4, -0.2) is 20.6 Å². The lowest BCUT2D eigenvalue weighted by atomic mass is 10.0. The SMILES string of the molecule is CC(C)c1ccc(F)c(-c2nn[nH]n2)c1.[HH]. The maximum absolute atomic E-state index is 13.5. The number of aromatic amines is 1. The molecule has 2 aromatic rings. The van der Waals surface area contributed by atoms with Crippen LogP contribution in [0.25, 0.3) is 11.4 Å². The molecule has 15 heavy (non-hydrogen) atoms. The maximum Gasteiger partial charge on any atom is 0.207 e. The maximum atomic E-state index is 13.5. The van der Waals surface area contributed by atoms with Gasteiger partial charge in [-0.05, 0) is 28.8 Å². The highest BCUT2D eigenvalue weighted by molar-refractivity contribution is 5.56. The van der Waals surface area contributed by atoms with E-state index in [1.165, 1.54) is 6.07 Å². The minimum Gasteiger partial charge on any atom is -0.206 e. The number of aromatic nitrogens is 4. The third kappa shape index (κ3) is 1.86. The van der Waals surface area contributed by atoms with Gasteiger partial charge in [0.2, 0.25) is 5.82 Å². The highest BCUT2D eigenvalue weighted by Gasteiger charge is 2.11. The molecular formula is C10H13FN4. The smallest absolute Gasteiger partial charge is 0.206 e. The van der Waals surface area contributed by atoms with Crippen molar-refractivity contribution in [2.24, 2.45) is 0 Å². The van der Waals surface area contributed by atoms with Crippen LogP contribution < -0.4 is 0 Å². The topological polar surface area (TPSA) is 54.5 Å². The lowest BCUT2D eigenvalue weighted by Gasteiger charge is -2.06. The number of nitrogens with zero attached hydrogens (tertiary/aromatic N) is 3. The first-order valence-electron chi connectivity index (χ1n) is 4.71. The zero-order valence-electron chi connectivity index (χ0n) is 8.53. The van der Waals surface area contributed by atoms with Crippen LogP contribution in [0.5, 0.6) is 0 Å². The Bertz CT molecular complexity index is 456. The number of nitrogens with one attached hydrogen (secondary N) is 1. The van der Waals surface area contributed by atoms with Gasteiger partial charge < -0.3 is 0 Å². The van der Waals surface area contributed by atoms with E-state index in [4.69, 9.17) is 0 Å². The lowest BCUT2D eigenvalue weighted by Crippen LogP contribution is -1.92. The van der Waals surface area contributed by atoms with Crippen molar-refractivity contribution in [2.45, 2.75) is 19.8 Å². The summed E-state index contributed by atoms with van der Waals surface area (Å²) in [5.74, 6) is 0.298. The highest BCUT2D eigenvalue weighted by atomic mass is 19.1. The van der Waals surface area contributed by atoms with Crippen molar-refractivity contribution in [3.63, 3.8) is 0 Å². The molecular weight excluding hydrogens is 195 g/mol. The Hall–Kier alpha value is -1.78. The standard InChI is InChI=1S/C10H11FN4.H2/c1-6(2)7-3-4-9(11)8(5-7)10-12-14-15-13-10;/h3-6H,1-2H3,(H,12,13,14,15);1H. The molecule has 1 aromatic heterocycles. The average molecular weight is 208 g/mol. The normalized spacial score (nSPS) is 10.9. The summed E-state index contributed by atoms with van der Waals surface area (Å²) >= 11 is 0. The molecule has 0 aliphatic rings. The summed E-state index contributed by atoms with van der Waals surface area (Å²) in [6.45, 7) is 4.10. The summed E-state index contributed by atoms with van der Waals surface area (Å²) in [6.07, 6.45) is 0. The largest absolute Gasteiger partial charge is 0.207 e. The van der Waals surface area contributed by atoms with Gasteiger partial charge in [0.25, 0.3) is 0 Å². The Morgan fingerprint density at radius 3 is 2.80 bits per heavy atom. The van der Waals surface area contributed by atoms with Gasteiger partial charge in [-0.3, -0.25) is 0 Å². The Balaban J connectivity index is 0.00000128. The van der Waals surface area contributed by atoms with Crippen molar-refractivity contribution in [3.8, 4) is 11.4 Å². The third-order valence-corrected chi connectivity index (χ3v) is 2.24. The number of rotatable bonds is 2. The van der Waals surface area contributed by atoms with Crippen LogP contribution in [0.1, 0.15) is 26.8 Å². The van der Waals surface area contributed by atoms with Gasteiger partial charge in [-0.1, -0.05) is 19.9 Å². The van der Waals surface area contributed by atoms with Gasteiger partial charge in [0.15, 0.2) is 0 Å². The van der Waals surface area contributed by atoms with Crippen LogP contribution in [0.2, 0.25) is 0 Å². The van der Waals surface area contributed by atoms with E-state index in [0.29, 0.717) is 11.5 Å². The first-order chi connectivity index (χ1) is 7.18. The second kappa shape index (κ2) is 3.76. The predicted molar refractivity (Wildman–Crippen MR) is 55.8 cm³/mol. The number of H-pyrrole nitrogens is 1. The summed E-state index contributed by atoms with van der Waals surface area (Å²) in [7, 11) is 0. The van der Waals surface area contributed by atoms with Crippen LogP contribution in [0.15, 0.2) is 18.2 Å². The van der Waals surface area contributed by atoms with Gasteiger partial charge in [-0.15, -0.1) is 10.2 Å². The molecule has 0 saturated heterocycles. The summed E-state index contributed by atoms with van der Waals surface area (Å²) < 4.78 is 13.5. The Kier molecular flexibility index (Phi) is 2.45. The van der Waals surface area contributed by atoms with E-state index >= 15 is 0 Å². The molecule has 1 aromatic carbocycles. The van der Waals surface area contributed by atoms with Gasteiger partial charge in [-0.2, -0.15) is 5.21 Å². The first-order valence-corrected chi connectivity index (χ1v) is 4.71. The minimum atomic E-state index is -0.333. The van der Waals surface area contributed by atoms with Crippen molar-refractivity contribution in [3.05, 3.63) is 29.6 Å². The zero-order valence-corrected chi connectivity index (χ0v) is 8.53.